The first kappa shape index (κ1) is 15.6. The van der Waals surface area contributed by atoms with Crippen LogP contribution in [0.15, 0.2) is 60.7 Å². The maximum Gasteiger partial charge on any atom is 0.0415 e. The summed E-state index contributed by atoms with van der Waals surface area (Å²) in [4.78, 5) is 2.80. The van der Waals surface area contributed by atoms with Crippen molar-refractivity contribution in [2.45, 2.75) is 26.9 Å². The van der Waals surface area contributed by atoms with Crippen molar-refractivity contribution in [1.82, 2.24) is 0 Å². The smallest absolute Gasteiger partial charge is 0.0415 e. The highest BCUT2D eigenvalue weighted by Crippen LogP contribution is 2.29. The van der Waals surface area contributed by atoms with E-state index in [9.17, 15) is 0 Å². The van der Waals surface area contributed by atoms with E-state index >= 15 is 0 Å². The Kier molecular flexibility index (Phi) is 4.99. The molecule has 1 aromatic heterocycles. The topological polar surface area (TPSA) is 24.1 Å². The van der Waals surface area contributed by atoms with Gasteiger partial charge in [-0.2, -0.15) is 0 Å². The van der Waals surface area contributed by atoms with Gasteiger partial charge in [-0.25, -0.2) is 0 Å². The summed E-state index contributed by atoms with van der Waals surface area (Å²) in [6.45, 7) is 6.16. The third-order valence-electron chi connectivity index (χ3n) is 4.01. The van der Waals surface area contributed by atoms with Gasteiger partial charge in [0.2, 0.25) is 0 Å². The highest BCUT2D eigenvalue weighted by atomic mass is 32.1. The summed E-state index contributed by atoms with van der Waals surface area (Å²) in [5, 5.41) is 7.07. The molecule has 0 aliphatic carbocycles. The normalized spacial score (nSPS) is 10.5. The minimum atomic E-state index is 0.867. The second-order valence-electron chi connectivity index (χ2n) is 5.61. The van der Waals surface area contributed by atoms with Gasteiger partial charge in [-0.05, 0) is 49.2 Å². The van der Waals surface area contributed by atoms with Gasteiger partial charge < -0.3 is 10.6 Å². The van der Waals surface area contributed by atoms with Crippen molar-refractivity contribution in [1.29, 1.82) is 0 Å². The molecule has 0 amide bonds. The van der Waals surface area contributed by atoms with Gasteiger partial charge in [0, 0.05) is 34.2 Å². The predicted octanol–water partition coefficient (Wildman–Crippen LogP) is 5.59. The molecule has 0 saturated carbocycles. The van der Waals surface area contributed by atoms with E-state index in [0.29, 0.717) is 0 Å². The molecular formula is C20H22N2S. The fourth-order valence-electron chi connectivity index (χ4n) is 2.73. The molecule has 0 fully saturated rings. The molecule has 0 bridgehead atoms. The monoisotopic (exact) mass is 322 g/mol. The van der Waals surface area contributed by atoms with Crippen LogP contribution in [0.3, 0.4) is 0 Å². The molecule has 0 saturated heterocycles. The fraction of sp³-hybridized carbons (Fsp3) is 0.200. The lowest BCUT2D eigenvalue weighted by Crippen LogP contribution is -2.06. The van der Waals surface area contributed by atoms with Crippen molar-refractivity contribution in [3.05, 3.63) is 81.5 Å². The zero-order valence-corrected chi connectivity index (χ0v) is 14.4. The molecule has 2 nitrogen and oxygen atoms in total. The fourth-order valence-corrected chi connectivity index (χ4v) is 3.83. The molecule has 0 spiro atoms. The van der Waals surface area contributed by atoms with Gasteiger partial charge in [0.25, 0.3) is 0 Å². The van der Waals surface area contributed by atoms with E-state index in [0.717, 1.165) is 24.5 Å². The summed E-state index contributed by atoms with van der Waals surface area (Å²) in [7, 11) is 0. The molecule has 0 radical (unpaired) electrons. The van der Waals surface area contributed by atoms with Gasteiger partial charge in [0.05, 0.1) is 0 Å². The first-order valence-corrected chi connectivity index (χ1v) is 8.71. The first-order chi connectivity index (χ1) is 11.2. The Morgan fingerprint density at radius 1 is 0.652 bits per heavy atom. The van der Waals surface area contributed by atoms with Gasteiger partial charge in [-0.3, -0.25) is 0 Å². The number of hydrogen-bond acceptors (Lipinski definition) is 3. The van der Waals surface area contributed by atoms with Crippen LogP contribution in [0, 0.1) is 13.8 Å². The van der Waals surface area contributed by atoms with Gasteiger partial charge in [0.1, 0.15) is 0 Å². The zero-order valence-electron chi connectivity index (χ0n) is 13.6. The van der Waals surface area contributed by atoms with Gasteiger partial charge in [0.15, 0.2) is 0 Å². The van der Waals surface area contributed by atoms with Gasteiger partial charge >= 0.3 is 0 Å². The predicted molar refractivity (Wildman–Crippen MR) is 101 cm³/mol. The molecule has 3 aromatic rings. The Hall–Kier alpha value is -2.26. The van der Waals surface area contributed by atoms with E-state index in [1.165, 1.54) is 20.9 Å². The largest absolute Gasteiger partial charge is 0.381 e. The molecule has 3 rings (SSSR count). The van der Waals surface area contributed by atoms with Crippen molar-refractivity contribution < 1.29 is 0 Å². The molecule has 2 aromatic carbocycles. The van der Waals surface area contributed by atoms with E-state index in [4.69, 9.17) is 0 Å². The van der Waals surface area contributed by atoms with Gasteiger partial charge in [-0.1, -0.05) is 36.4 Å². The SMILES string of the molecule is Cc1sc(C)c(CNc2ccccc2)c1CNc1ccccc1. The molecule has 0 atom stereocenters. The van der Waals surface area contributed by atoms with Crippen LogP contribution < -0.4 is 10.6 Å². The molecule has 118 valence electrons. The zero-order chi connectivity index (χ0) is 16.1. The summed E-state index contributed by atoms with van der Waals surface area (Å²) in [6.07, 6.45) is 0. The third-order valence-corrected chi connectivity index (χ3v) is 5.11. The summed E-state index contributed by atoms with van der Waals surface area (Å²) in [5.41, 5.74) is 5.16. The summed E-state index contributed by atoms with van der Waals surface area (Å²) in [5.74, 6) is 0. The molecule has 23 heavy (non-hydrogen) atoms. The molecule has 3 heteroatoms. The summed E-state index contributed by atoms with van der Waals surface area (Å²) >= 11 is 1.89. The maximum absolute atomic E-state index is 3.53. The van der Waals surface area contributed by atoms with Crippen molar-refractivity contribution in [2.24, 2.45) is 0 Å². The molecule has 0 aliphatic heterocycles. The average molecular weight is 322 g/mol. The van der Waals surface area contributed by atoms with E-state index in [-0.39, 0.29) is 0 Å². The van der Waals surface area contributed by atoms with Crippen LogP contribution in [-0.4, -0.2) is 0 Å². The Morgan fingerprint density at radius 3 is 1.43 bits per heavy atom. The lowest BCUT2D eigenvalue weighted by Gasteiger charge is -2.11. The number of benzene rings is 2. The highest BCUT2D eigenvalue weighted by molar-refractivity contribution is 7.12. The number of nitrogens with one attached hydrogen (secondary N) is 2. The number of rotatable bonds is 6. The van der Waals surface area contributed by atoms with Crippen LogP contribution in [0.25, 0.3) is 0 Å². The number of aryl methyl sites for hydroxylation is 2. The Bertz CT molecular complexity index is 684. The lowest BCUT2D eigenvalue weighted by molar-refractivity contribution is 1.05. The molecule has 0 aliphatic rings. The summed E-state index contributed by atoms with van der Waals surface area (Å²) in [6, 6.07) is 20.8. The van der Waals surface area contributed by atoms with Crippen molar-refractivity contribution in [3.63, 3.8) is 0 Å². The Labute approximate surface area is 142 Å². The molecule has 1 heterocycles. The Morgan fingerprint density at radius 2 is 1.04 bits per heavy atom. The molecule has 2 N–H and O–H groups in total. The average Bonchev–Trinajstić information content (AvgIpc) is 2.86. The van der Waals surface area contributed by atoms with Crippen molar-refractivity contribution in [3.8, 4) is 0 Å². The van der Waals surface area contributed by atoms with E-state index in [2.05, 4.69) is 73.0 Å². The lowest BCUT2D eigenvalue weighted by atomic mass is 10.1. The number of thiophene rings is 1. The second-order valence-corrected chi connectivity index (χ2v) is 7.04. The van der Waals surface area contributed by atoms with E-state index in [1.54, 1.807) is 0 Å². The number of hydrogen-bond donors (Lipinski definition) is 2. The van der Waals surface area contributed by atoms with E-state index in [1.807, 2.05) is 23.5 Å². The number of para-hydroxylation sites is 2. The summed E-state index contributed by atoms with van der Waals surface area (Å²) < 4.78 is 0. The van der Waals surface area contributed by atoms with Crippen LogP contribution >= 0.6 is 11.3 Å². The van der Waals surface area contributed by atoms with Crippen LogP contribution in [0.1, 0.15) is 20.9 Å². The quantitative estimate of drug-likeness (QED) is 0.618. The van der Waals surface area contributed by atoms with Crippen LogP contribution in [0.4, 0.5) is 11.4 Å². The van der Waals surface area contributed by atoms with Crippen LogP contribution in [-0.2, 0) is 13.1 Å². The molecular weight excluding hydrogens is 300 g/mol. The van der Waals surface area contributed by atoms with Crippen LogP contribution in [0.5, 0.6) is 0 Å². The standard InChI is InChI=1S/C20H22N2S/c1-15-19(13-21-17-9-5-3-6-10-17)20(16(2)23-15)14-22-18-11-7-4-8-12-18/h3-12,21-22H,13-14H2,1-2H3. The van der Waals surface area contributed by atoms with Crippen molar-refractivity contribution >= 4 is 22.7 Å². The Balaban J connectivity index is 1.72. The van der Waals surface area contributed by atoms with E-state index < -0.39 is 0 Å². The third kappa shape index (κ3) is 3.93. The molecule has 0 unspecified atom stereocenters. The second kappa shape index (κ2) is 7.34. The first-order valence-electron chi connectivity index (χ1n) is 7.89. The highest BCUT2D eigenvalue weighted by Gasteiger charge is 2.12. The van der Waals surface area contributed by atoms with Gasteiger partial charge in [-0.15, -0.1) is 11.3 Å². The minimum absolute atomic E-state index is 0.867. The van der Waals surface area contributed by atoms with Crippen LogP contribution in [0.2, 0.25) is 0 Å². The van der Waals surface area contributed by atoms with Crippen molar-refractivity contribution in [2.75, 3.05) is 10.6 Å². The minimum Gasteiger partial charge on any atom is -0.381 e. The maximum atomic E-state index is 3.53. The number of anilines is 2.